The van der Waals surface area contributed by atoms with Crippen molar-refractivity contribution in [3.63, 3.8) is 0 Å². The van der Waals surface area contributed by atoms with E-state index in [1.807, 2.05) is 13.8 Å². The number of hydrogen-bond donors (Lipinski definition) is 1. The summed E-state index contributed by atoms with van der Waals surface area (Å²) in [6, 6.07) is 0. The molecular formula is C16H26N2O2S. The summed E-state index contributed by atoms with van der Waals surface area (Å²) in [5.41, 5.74) is 0.739. The number of carboxylic acids is 1. The smallest absolute Gasteiger partial charge is 0.347 e. The molecule has 0 bridgehead atoms. The van der Waals surface area contributed by atoms with Crippen molar-refractivity contribution in [1.82, 2.24) is 9.88 Å². The van der Waals surface area contributed by atoms with Gasteiger partial charge in [0.1, 0.15) is 4.88 Å². The molecule has 1 fully saturated rings. The first-order valence-electron chi connectivity index (χ1n) is 7.82. The Bertz CT molecular complexity index is 488. The van der Waals surface area contributed by atoms with Gasteiger partial charge in [-0.15, -0.1) is 11.3 Å². The van der Waals surface area contributed by atoms with Gasteiger partial charge in [-0.1, -0.05) is 27.7 Å². The lowest BCUT2D eigenvalue weighted by atomic mass is 9.92. The molecule has 1 aromatic rings. The van der Waals surface area contributed by atoms with E-state index in [9.17, 15) is 9.90 Å². The van der Waals surface area contributed by atoms with E-state index >= 15 is 0 Å². The van der Waals surface area contributed by atoms with Gasteiger partial charge in [0.2, 0.25) is 0 Å². The van der Waals surface area contributed by atoms with Crippen molar-refractivity contribution in [3.8, 4) is 0 Å². The van der Waals surface area contributed by atoms with E-state index < -0.39 is 5.97 Å². The molecule has 118 valence electrons. The molecule has 1 aliphatic heterocycles. The lowest BCUT2D eigenvalue weighted by Crippen LogP contribution is -2.39. The van der Waals surface area contributed by atoms with Crippen molar-refractivity contribution in [1.29, 1.82) is 0 Å². The lowest BCUT2D eigenvalue weighted by Gasteiger charge is -2.34. The molecule has 0 amide bonds. The molecule has 21 heavy (non-hydrogen) atoms. The largest absolute Gasteiger partial charge is 0.477 e. The Morgan fingerprint density at radius 2 is 2.00 bits per heavy atom. The number of hydrogen-bond acceptors (Lipinski definition) is 4. The van der Waals surface area contributed by atoms with Crippen molar-refractivity contribution in [2.24, 2.45) is 11.8 Å². The number of rotatable bonds is 5. The molecule has 0 aromatic carbocycles. The highest BCUT2D eigenvalue weighted by atomic mass is 32.1. The zero-order chi connectivity index (χ0) is 15.6. The van der Waals surface area contributed by atoms with Gasteiger partial charge >= 0.3 is 5.97 Å². The third kappa shape index (κ3) is 4.27. The van der Waals surface area contributed by atoms with Gasteiger partial charge in [-0.25, -0.2) is 9.78 Å². The Morgan fingerprint density at radius 1 is 1.38 bits per heavy atom. The maximum absolute atomic E-state index is 11.3. The van der Waals surface area contributed by atoms with Crippen LogP contribution < -0.4 is 0 Å². The van der Waals surface area contributed by atoms with Gasteiger partial charge in [0.25, 0.3) is 0 Å². The topological polar surface area (TPSA) is 53.4 Å². The fourth-order valence-electron chi connectivity index (χ4n) is 3.26. The minimum atomic E-state index is -0.845. The van der Waals surface area contributed by atoms with Gasteiger partial charge in [-0.3, -0.25) is 0 Å². The van der Waals surface area contributed by atoms with Crippen molar-refractivity contribution >= 4 is 17.3 Å². The summed E-state index contributed by atoms with van der Waals surface area (Å²) in [7, 11) is 0. The van der Waals surface area contributed by atoms with Crippen LogP contribution in [0.25, 0.3) is 0 Å². The SMILES string of the molecule is CC1CC(C)CN(CCc2nc(C(C)C)c(C(=O)O)s2)C1. The summed E-state index contributed by atoms with van der Waals surface area (Å²) < 4.78 is 0. The van der Waals surface area contributed by atoms with Gasteiger partial charge in [0.05, 0.1) is 10.7 Å². The second-order valence-electron chi connectivity index (χ2n) is 6.74. The summed E-state index contributed by atoms with van der Waals surface area (Å²) in [6.07, 6.45) is 2.17. The number of piperidine rings is 1. The van der Waals surface area contributed by atoms with Crippen LogP contribution >= 0.6 is 11.3 Å². The third-order valence-corrected chi connectivity index (χ3v) is 5.14. The highest BCUT2D eigenvalue weighted by Crippen LogP contribution is 2.26. The predicted octanol–water partition coefficient (Wildman–Crippen LogP) is 3.49. The minimum Gasteiger partial charge on any atom is -0.477 e. The Morgan fingerprint density at radius 3 is 2.48 bits per heavy atom. The first kappa shape index (κ1) is 16.4. The van der Waals surface area contributed by atoms with Gasteiger partial charge in [-0.05, 0) is 24.2 Å². The predicted molar refractivity (Wildman–Crippen MR) is 86.3 cm³/mol. The van der Waals surface area contributed by atoms with E-state index in [1.54, 1.807) is 0 Å². The lowest BCUT2D eigenvalue weighted by molar-refractivity contribution is 0.0700. The van der Waals surface area contributed by atoms with Crippen LogP contribution in [0.4, 0.5) is 0 Å². The summed E-state index contributed by atoms with van der Waals surface area (Å²) >= 11 is 1.35. The normalized spacial score (nSPS) is 23.7. The van der Waals surface area contributed by atoms with Crippen LogP contribution in [0.5, 0.6) is 0 Å². The number of likely N-dealkylation sites (tertiary alicyclic amines) is 1. The maximum Gasteiger partial charge on any atom is 0.347 e. The number of carboxylic acid groups (broad SMARTS) is 1. The van der Waals surface area contributed by atoms with E-state index in [-0.39, 0.29) is 5.92 Å². The standard InChI is InChI=1S/C16H26N2O2S/c1-10(2)14-15(16(19)20)21-13(17-14)5-6-18-8-11(3)7-12(4)9-18/h10-12H,5-9H2,1-4H3,(H,19,20). The van der Waals surface area contributed by atoms with E-state index in [0.717, 1.165) is 48.6 Å². The Labute approximate surface area is 131 Å². The van der Waals surface area contributed by atoms with Crippen LogP contribution in [0, 0.1) is 11.8 Å². The van der Waals surface area contributed by atoms with Crippen LogP contribution in [0.1, 0.15) is 60.4 Å². The molecule has 2 atom stereocenters. The molecular weight excluding hydrogens is 284 g/mol. The molecule has 1 aliphatic rings. The monoisotopic (exact) mass is 310 g/mol. The summed E-state index contributed by atoms with van der Waals surface area (Å²) in [5, 5.41) is 10.2. The molecule has 0 spiro atoms. The molecule has 2 unspecified atom stereocenters. The molecule has 5 heteroatoms. The van der Waals surface area contributed by atoms with Crippen molar-refractivity contribution < 1.29 is 9.90 Å². The quantitative estimate of drug-likeness (QED) is 0.904. The highest BCUT2D eigenvalue weighted by Gasteiger charge is 2.23. The molecule has 2 rings (SSSR count). The number of nitrogens with zero attached hydrogens (tertiary/aromatic N) is 2. The van der Waals surface area contributed by atoms with Crippen molar-refractivity contribution in [2.45, 2.75) is 46.5 Å². The highest BCUT2D eigenvalue weighted by molar-refractivity contribution is 7.13. The zero-order valence-corrected chi connectivity index (χ0v) is 14.2. The molecule has 0 radical (unpaired) electrons. The van der Waals surface area contributed by atoms with Crippen LogP contribution in [-0.4, -0.2) is 40.6 Å². The summed E-state index contributed by atoms with van der Waals surface area (Å²) in [5.74, 6) is 0.829. The number of aromatic carboxylic acids is 1. The van der Waals surface area contributed by atoms with Crippen molar-refractivity contribution in [3.05, 3.63) is 15.6 Å². The molecule has 1 N–H and O–H groups in total. The van der Waals surface area contributed by atoms with Gasteiger partial charge in [0.15, 0.2) is 0 Å². The van der Waals surface area contributed by atoms with Crippen LogP contribution in [0.2, 0.25) is 0 Å². The molecule has 1 aromatic heterocycles. The van der Waals surface area contributed by atoms with Crippen LogP contribution in [0.15, 0.2) is 0 Å². The first-order valence-corrected chi connectivity index (χ1v) is 8.63. The van der Waals surface area contributed by atoms with E-state index in [4.69, 9.17) is 0 Å². The molecule has 2 heterocycles. The summed E-state index contributed by atoms with van der Waals surface area (Å²) in [4.78, 5) is 18.8. The number of thiazole rings is 1. The Kier molecular flexibility index (Phi) is 5.38. The fraction of sp³-hybridized carbons (Fsp3) is 0.750. The van der Waals surface area contributed by atoms with Crippen LogP contribution in [-0.2, 0) is 6.42 Å². The van der Waals surface area contributed by atoms with Gasteiger partial charge < -0.3 is 10.0 Å². The third-order valence-electron chi connectivity index (χ3n) is 4.03. The van der Waals surface area contributed by atoms with E-state index in [1.165, 1.54) is 17.8 Å². The van der Waals surface area contributed by atoms with Crippen LogP contribution in [0.3, 0.4) is 0 Å². The average Bonchev–Trinajstić information content (AvgIpc) is 2.79. The fourth-order valence-corrected chi connectivity index (χ4v) is 4.30. The van der Waals surface area contributed by atoms with E-state index in [2.05, 4.69) is 23.7 Å². The maximum atomic E-state index is 11.3. The second-order valence-corrected chi connectivity index (χ2v) is 7.82. The Hall–Kier alpha value is -0.940. The number of carbonyl (C=O) groups is 1. The second kappa shape index (κ2) is 6.88. The Balaban J connectivity index is 2.00. The van der Waals surface area contributed by atoms with Gasteiger partial charge in [0, 0.05) is 26.1 Å². The van der Waals surface area contributed by atoms with Gasteiger partial charge in [-0.2, -0.15) is 0 Å². The molecule has 0 aliphatic carbocycles. The zero-order valence-electron chi connectivity index (χ0n) is 13.4. The minimum absolute atomic E-state index is 0.163. The average molecular weight is 310 g/mol. The molecule has 1 saturated heterocycles. The first-order chi connectivity index (χ1) is 9.86. The summed E-state index contributed by atoms with van der Waals surface area (Å²) in [6.45, 7) is 11.9. The molecule has 4 nitrogen and oxygen atoms in total. The number of aromatic nitrogens is 1. The van der Waals surface area contributed by atoms with Crippen molar-refractivity contribution in [2.75, 3.05) is 19.6 Å². The molecule has 0 saturated carbocycles. The van der Waals surface area contributed by atoms with E-state index in [0.29, 0.717) is 4.88 Å².